The normalized spacial score (nSPS) is 14.2. The van der Waals surface area contributed by atoms with E-state index >= 15 is 0 Å². The van der Waals surface area contributed by atoms with Gasteiger partial charge in [-0.25, -0.2) is 9.97 Å². The number of fused-ring (bicyclic) bond motifs is 1. The maximum atomic E-state index is 13.1. The Morgan fingerprint density at radius 1 is 1.13 bits per heavy atom. The number of aryl methyl sites for hydroxylation is 1. The molecule has 3 N–H and O–H groups in total. The van der Waals surface area contributed by atoms with E-state index in [0.29, 0.717) is 24.2 Å². The lowest BCUT2D eigenvalue weighted by atomic mass is 10.1. The summed E-state index contributed by atoms with van der Waals surface area (Å²) in [5.74, 6) is 0.293. The minimum atomic E-state index is -0.195. The first kappa shape index (κ1) is 19.5. The summed E-state index contributed by atoms with van der Waals surface area (Å²) in [5.41, 5.74) is 10.6. The largest absolute Gasteiger partial charge is 0.378 e. The summed E-state index contributed by atoms with van der Waals surface area (Å²) in [6, 6.07) is 13.7. The van der Waals surface area contributed by atoms with Crippen molar-refractivity contribution in [3.8, 4) is 11.3 Å². The van der Waals surface area contributed by atoms with Gasteiger partial charge in [0, 0.05) is 31.1 Å². The minimum Gasteiger partial charge on any atom is -0.378 e. The molecule has 4 aromatic rings. The van der Waals surface area contributed by atoms with Gasteiger partial charge in [0.1, 0.15) is 0 Å². The van der Waals surface area contributed by atoms with Crippen LogP contribution in [-0.4, -0.2) is 40.8 Å². The number of para-hydroxylation sites is 2. The number of anilines is 4. The van der Waals surface area contributed by atoms with Gasteiger partial charge in [-0.1, -0.05) is 18.2 Å². The number of ether oxygens (including phenoxy) is 1. The van der Waals surface area contributed by atoms with Crippen LogP contribution in [-0.2, 0) is 11.8 Å². The SMILES string of the molecule is Cn1c(=O)c(Nc2ccccc2N2CCOCC2)nc2ccc(-c3csc(N)n3)cc21. The summed E-state index contributed by atoms with van der Waals surface area (Å²) in [7, 11) is 1.75. The maximum Gasteiger partial charge on any atom is 0.293 e. The Bertz CT molecular complexity index is 1310. The first-order valence-corrected chi connectivity index (χ1v) is 10.9. The van der Waals surface area contributed by atoms with Crippen molar-refractivity contribution in [2.45, 2.75) is 0 Å². The highest BCUT2D eigenvalue weighted by Gasteiger charge is 2.17. The third-order valence-electron chi connectivity index (χ3n) is 5.40. The smallest absolute Gasteiger partial charge is 0.293 e. The van der Waals surface area contributed by atoms with Crippen molar-refractivity contribution in [2.24, 2.45) is 7.05 Å². The molecule has 2 aromatic heterocycles. The highest BCUT2D eigenvalue weighted by Crippen LogP contribution is 2.29. The molecule has 0 saturated carbocycles. The molecule has 9 heteroatoms. The number of nitrogens with zero attached hydrogens (tertiary/aromatic N) is 4. The number of benzene rings is 2. The fourth-order valence-corrected chi connectivity index (χ4v) is 4.34. The second-order valence-corrected chi connectivity index (χ2v) is 8.23. The Kier molecular flexibility index (Phi) is 5.05. The molecule has 2 aromatic carbocycles. The summed E-state index contributed by atoms with van der Waals surface area (Å²) >= 11 is 1.39. The molecule has 0 bridgehead atoms. The molecule has 8 nitrogen and oxygen atoms in total. The van der Waals surface area contributed by atoms with Gasteiger partial charge in [-0.3, -0.25) is 4.79 Å². The summed E-state index contributed by atoms with van der Waals surface area (Å²) in [6.45, 7) is 3.01. The zero-order chi connectivity index (χ0) is 21.4. The standard InChI is InChI=1S/C22H22N6O2S/c1-27-19-12-14(17-13-31-22(23)26-17)6-7-16(19)25-20(21(27)29)24-15-4-2-3-5-18(15)28-8-10-30-11-9-28/h2-7,12-13H,8-11H2,1H3,(H2,23,26)(H,24,25). The van der Waals surface area contributed by atoms with E-state index in [1.165, 1.54) is 11.3 Å². The molecule has 5 rings (SSSR count). The van der Waals surface area contributed by atoms with Gasteiger partial charge in [-0.2, -0.15) is 0 Å². The molecule has 0 aliphatic carbocycles. The molecule has 0 spiro atoms. The summed E-state index contributed by atoms with van der Waals surface area (Å²) in [4.78, 5) is 24.3. The minimum absolute atomic E-state index is 0.195. The van der Waals surface area contributed by atoms with Crippen LogP contribution in [0.15, 0.2) is 52.6 Å². The summed E-state index contributed by atoms with van der Waals surface area (Å²) < 4.78 is 7.08. The number of nitrogen functional groups attached to an aromatic ring is 1. The number of hydrogen-bond acceptors (Lipinski definition) is 8. The van der Waals surface area contributed by atoms with E-state index in [1.54, 1.807) is 11.6 Å². The molecule has 0 unspecified atom stereocenters. The molecule has 3 heterocycles. The average molecular weight is 435 g/mol. The van der Waals surface area contributed by atoms with Crippen molar-refractivity contribution in [1.29, 1.82) is 0 Å². The molecular weight excluding hydrogens is 412 g/mol. The molecular formula is C22H22N6O2S. The predicted octanol–water partition coefficient (Wildman–Crippen LogP) is 3.22. The van der Waals surface area contributed by atoms with Crippen molar-refractivity contribution in [2.75, 3.05) is 42.3 Å². The molecule has 0 radical (unpaired) electrons. The summed E-state index contributed by atoms with van der Waals surface area (Å²) in [5, 5.41) is 5.68. The second kappa shape index (κ2) is 8.01. The van der Waals surface area contributed by atoms with Gasteiger partial charge in [0.25, 0.3) is 5.56 Å². The van der Waals surface area contributed by atoms with Crippen molar-refractivity contribution in [1.82, 2.24) is 14.5 Å². The highest BCUT2D eigenvalue weighted by atomic mass is 32.1. The zero-order valence-electron chi connectivity index (χ0n) is 17.0. The van der Waals surface area contributed by atoms with Crippen molar-refractivity contribution < 1.29 is 4.74 Å². The lowest BCUT2D eigenvalue weighted by molar-refractivity contribution is 0.123. The number of nitrogens with one attached hydrogen (secondary N) is 1. The number of hydrogen-bond donors (Lipinski definition) is 2. The monoisotopic (exact) mass is 434 g/mol. The molecule has 1 fully saturated rings. The van der Waals surface area contributed by atoms with Crippen LogP contribution in [0.4, 0.5) is 22.3 Å². The van der Waals surface area contributed by atoms with Crippen LogP contribution < -0.4 is 21.5 Å². The maximum absolute atomic E-state index is 13.1. The molecule has 1 aliphatic heterocycles. The zero-order valence-corrected chi connectivity index (χ0v) is 17.9. The van der Waals surface area contributed by atoms with Crippen LogP contribution in [0.25, 0.3) is 22.3 Å². The Balaban J connectivity index is 1.53. The number of thiazole rings is 1. The second-order valence-electron chi connectivity index (χ2n) is 7.34. The number of nitrogens with two attached hydrogens (primary N) is 1. The van der Waals surface area contributed by atoms with Crippen molar-refractivity contribution >= 4 is 44.7 Å². The van der Waals surface area contributed by atoms with Crippen LogP contribution in [0.1, 0.15) is 0 Å². The average Bonchev–Trinajstić information content (AvgIpc) is 3.24. The summed E-state index contributed by atoms with van der Waals surface area (Å²) in [6.07, 6.45) is 0. The van der Waals surface area contributed by atoms with Gasteiger partial charge >= 0.3 is 0 Å². The van der Waals surface area contributed by atoms with Gasteiger partial charge in [0.15, 0.2) is 10.9 Å². The van der Waals surface area contributed by atoms with E-state index in [-0.39, 0.29) is 5.56 Å². The van der Waals surface area contributed by atoms with Gasteiger partial charge in [-0.15, -0.1) is 11.3 Å². The van der Waals surface area contributed by atoms with Crippen molar-refractivity contribution in [3.05, 3.63) is 58.2 Å². The third-order valence-corrected chi connectivity index (χ3v) is 6.08. The Hall–Kier alpha value is -3.43. The third kappa shape index (κ3) is 3.73. The lowest BCUT2D eigenvalue weighted by Gasteiger charge is -2.30. The van der Waals surface area contributed by atoms with Crippen LogP contribution >= 0.6 is 11.3 Å². The van der Waals surface area contributed by atoms with Crippen LogP contribution in [0.2, 0.25) is 0 Å². The lowest BCUT2D eigenvalue weighted by Crippen LogP contribution is -2.36. The highest BCUT2D eigenvalue weighted by molar-refractivity contribution is 7.13. The van der Waals surface area contributed by atoms with E-state index in [4.69, 9.17) is 10.5 Å². The van der Waals surface area contributed by atoms with E-state index in [0.717, 1.165) is 46.8 Å². The quantitative estimate of drug-likeness (QED) is 0.509. The van der Waals surface area contributed by atoms with E-state index in [1.807, 2.05) is 47.8 Å². The molecule has 158 valence electrons. The van der Waals surface area contributed by atoms with Crippen LogP contribution in [0, 0.1) is 0 Å². The molecule has 1 saturated heterocycles. The fourth-order valence-electron chi connectivity index (χ4n) is 3.77. The molecule has 31 heavy (non-hydrogen) atoms. The number of aromatic nitrogens is 3. The fraction of sp³-hybridized carbons (Fsp3) is 0.227. The Labute approximate surface area is 182 Å². The predicted molar refractivity (Wildman–Crippen MR) is 125 cm³/mol. The van der Waals surface area contributed by atoms with E-state index in [2.05, 4.69) is 20.2 Å². The molecule has 0 atom stereocenters. The number of morpholine rings is 1. The van der Waals surface area contributed by atoms with Gasteiger partial charge in [0.05, 0.1) is 41.3 Å². The van der Waals surface area contributed by atoms with E-state index < -0.39 is 0 Å². The topological polar surface area (TPSA) is 98.3 Å². The first-order valence-electron chi connectivity index (χ1n) is 10.0. The van der Waals surface area contributed by atoms with Gasteiger partial charge in [-0.05, 0) is 24.3 Å². The Morgan fingerprint density at radius 3 is 2.71 bits per heavy atom. The molecule has 1 aliphatic rings. The molecule has 0 amide bonds. The number of rotatable bonds is 4. The van der Waals surface area contributed by atoms with E-state index in [9.17, 15) is 4.79 Å². The van der Waals surface area contributed by atoms with Gasteiger partial charge < -0.3 is 25.3 Å². The van der Waals surface area contributed by atoms with Crippen molar-refractivity contribution in [3.63, 3.8) is 0 Å². The van der Waals surface area contributed by atoms with Gasteiger partial charge in [0.2, 0.25) is 0 Å². The van der Waals surface area contributed by atoms with Crippen LogP contribution in [0.5, 0.6) is 0 Å². The first-order chi connectivity index (χ1) is 15.1. The Morgan fingerprint density at radius 2 is 1.94 bits per heavy atom. The van der Waals surface area contributed by atoms with Crippen LogP contribution in [0.3, 0.4) is 0 Å².